The van der Waals surface area contributed by atoms with E-state index in [0.29, 0.717) is 18.4 Å². The highest BCUT2D eigenvalue weighted by molar-refractivity contribution is 5.91. The zero-order valence-electron chi connectivity index (χ0n) is 16.7. The van der Waals surface area contributed by atoms with Crippen LogP contribution in [0.5, 0.6) is 0 Å². The maximum Gasteiger partial charge on any atom is 0.338 e. The van der Waals surface area contributed by atoms with Crippen molar-refractivity contribution in [2.45, 2.75) is 57.3 Å². The van der Waals surface area contributed by atoms with Gasteiger partial charge in [0.2, 0.25) is 0 Å². The molecule has 1 N–H and O–H groups in total. The first-order chi connectivity index (χ1) is 13.6. The number of carbonyl (C=O) groups excluding carboxylic acids is 3. The molecule has 1 spiro atoms. The molecule has 0 radical (unpaired) electrons. The van der Waals surface area contributed by atoms with Gasteiger partial charge < -0.3 is 19.3 Å². The molecule has 0 bridgehead atoms. The fourth-order valence-corrected chi connectivity index (χ4v) is 6.79. The van der Waals surface area contributed by atoms with E-state index in [1.165, 1.54) is 0 Å². The summed E-state index contributed by atoms with van der Waals surface area (Å²) >= 11 is 0. The van der Waals surface area contributed by atoms with Crippen molar-refractivity contribution in [1.29, 1.82) is 0 Å². The van der Waals surface area contributed by atoms with Crippen molar-refractivity contribution >= 4 is 17.9 Å². The smallest absolute Gasteiger partial charge is 0.338 e. The van der Waals surface area contributed by atoms with Gasteiger partial charge in [0.1, 0.15) is 23.7 Å². The van der Waals surface area contributed by atoms with E-state index < -0.39 is 51.5 Å². The van der Waals surface area contributed by atoms with E-state index in [-0.39, 0.29) is 13.0 Å². The number of ether oxygens (including phenoxy) is 3. The Morgan fingerprint density at radius 3 is 2.52 bits per heavy atom. The molecule has 1 aromatic rings. The molecule has 29 heavy (non-hydrogen) atoms. The molecule has 0 amide bonds. The number of aliphatic hydroxyl groups is 1. The molecule has 7 heteroatoms. The average molecular weight is 400 g/mol. The number of rotatable bonds is 2. The molecular formula is C22H24O7. The van der Waals surface area contributed by atoms with Crippen LogP contribution in [0.1, 0.15) is 50.4 Å². The van der Waals surface area contributed by atoms with Gasteiger partial charge >= 0.3 is 17.9 Å². The molecule has 154 valence electrons. The monoisotopic (exact) mass is 400 g/mol. The molecule has 5 rings (SSSR count). The summed E-state index contributed by atoms with van der Waals surface area (Å²) in [5.74, 6) is -1.58. The molecule has 1 aromatic carbocycles. The molecule has 4 aliphatic rings. The quantitative estimate of drug-likeness (QED) is 0.599. The van der Waals surface area contributed by atoms with Crippen molar-refractivity contribution in [3.05, 3.63) is 35.9 Å². The highest BCUT2D eigenvalue weighted by Gasteiger charge is 2.92. The Morgan fingerprint density at radius 2 is 1.83 bits per heavy atom. The first kappa shape index (κ1) is 18.6. The first-order valence-electron chi connectivity index (χ1n) is 9.93. The van der Waals surface area contributed by atoms with Crippen LogP contribution >= 0.6 is 0 Å². The summed E-state index contributed by atoms with van der Waals surface area (Å²) in [4.78, 5) is 38.5. The van der Waals surface area contributed by atoms with Gasteiger partial charge in [-0.2, -0.15) is 0 Å². The predicted octanol–water partition coefficient (Wildman–Crippen LogP) is 2.01. The number of carbonyl (C=O) groups is 3. The van der Waals surface area contributed by atoms with E-state index in [1.807, 2.05) is 0 Å². The van der Waals surface area contributed by atoms with Gasteiger partial charge in [-0.1, -0.05) is 25.1 Å². The number of hydrogen-bond acceptors (Lipinski definition) is 7. The van der Waals surface area contributed by atoms with Crippen LogP contribution in [0.25, 0.3) is 0 Å². The molecule has 2 saturated heterocycles. The van der Waals surface area contributed by atoms with Gasteiger partial charge in [-0.05, 0) is 38.8 Å². The van der Waals surface area contributed by atoms with Crippen molar-refractivity contribution in [2.24, 2.45) is 16.2 Å². The van der Waals surface area contributed by atoms with Crippen molar-refractivity contribution in [3.63, 3.8) is 0 Å². The molecule has 2 aliphatic heterocycles. The van der Waals surface area contributed by atoms with Crippen molar-refractivity contribution in [2.75, 3.05) is 6.61 Å². The molecule has 4 fully saturated rings. The molecule has 2 saturated carbocycles. The predicted molar refractivity (Wildman–Crippen MR) is 98.5 cm³/mol. The van der Waals surface area contributed by atoms with Gasteiger partial charge in [-0.25, -0.2) is 4.79 Å². The fourth-order valence-electron chi connectivity index (χ4n) is 6.79. The summed E-state index contributed by atoms with van der Waals surface area (Å²) in [6.45, 7) is 5.26. The van der Waals surface area contributed by atoms with Gasteiger partial charge in [-0.15, -0.1) is 0 Å². The van der Waals surface area contributed by atoms with E-state index in [0.717, 1.165) is 0 Å². The summed E-state index contributed by atoms with van der Waals surface area (Å²) in [7, 11) is 0. The number of hydrogen-bond donors (Lipinski definition) is 1. The van der Waals surface area contributed by atoms with Crippen molar-refractivity contribution in [3.8, 4) is 0 Å². The second kappa shape index (κ2) is 5.19. The van der Waals surface area contributed by atoms with Gasteiger partial charge in [0.25, 0.3) is 0 Å². The van der Waals surface area contributed by atoms with Crippen molar-refractivity contribution < 1.29 is 33.7 Å². The molecule has 6 atom stereocenters. The minimum atomic E-state index is -1.45. The van der Waals surface area contributed by atoms with Crippen LogP contribution in [0, 0.1) is 16.2 Å². The summed E-state index contributed by atoms with van der Waals surface area (Å²) in [6, 6.07) is 8.47. The third-order valence-corrected chi connectivity index (χ3v) is 8.59. The Kier molecular flexibility index (Phi) is 3.33. The van der Waals surface area contributed by atoms with E-state index in [1.54, 1.807) is 51.1 Å². The van der Waals surface area contributed by atoms with Crippen LogP contribution in [-0.4, -0.2) is 46.9 Å². The zero-order valence-corrected chi connectivity index (χ0v) is 16.7. The van der Waals surface area contributed by atoms with E-state index in [9.17, 15) is 19.5 Å². The average Bonchev–Trinajstić information content (AvgIpc) is 3.22. The largest absolute Gasteiger partial charge is 0.464 e. The highest BCUT2D eigenvalue weighted by Crippen LogP contribution is 2.79. The maximum atomic E-state index is 13.0. The molecule has 7 nitrogen and oxygen atoms in total. The molecule has 2 aliphatic carbocycles. The molecule has 0 aromatic heterocycles. The normalized spacial score (nSPS) is 47.2. The second-order valence-electron chi connectivity index (χ2n) is 9.48. The summed E-state index contributed by atoms with van der Waals surface area (Å²) in [5.41, 5.74) is -5.70. The van der Waals surface area contributed by atoms with Gasteiger partial charge in [-0.3, -0.25) is 9.59 Å². The van der Waals surface area contributed by atoms with E-state index in [2.05, 4.69) is 0 Å². The van der Waals surface area contributed by atoms with E-state index >= 15 is 0 Å². The first-order valence-corrected chi connectivity index (χ1v) is 9.93. The lowest BCUT2D eigenvalue weighted by molar-refractivity contribution is -0.175. The van der Waals surface area contributed by atoms with Crippen LogP contribution in [0.2, 0.25) is 0 Å². The van der Waals surface area contributed by atoms with Gasteiger partial charge in [0, 0.05) is 0 Å². The standard InChI is InChI=1S/C22H24O7/c1-18-12-27-17(25)20(18,3)16(28-15(24)13-7-5-4-6-8-13)21-11-14(23)29-19(21,2)9-10-22(18,21)26/h4-8,16,26H,9-12H2,1-3H3. The maximum absolute atomic E-state index is 13.0. The van der Waals surface area contributed by atoms with E-state index in [4.69, 9.17) is 14.2 Å². The highest BCUT2D eigenvalue weighted by atomic mass is 16.6. The van der Waals surface area contributed by atoms with Crippen LogP contribution in [0.15, 0.2) is 30.3 Å². The number of benzene rings is 1. The van der Waals surface area contributed by atoms with Gasteiger partial charge in [0.05, 0.1) is 28.4 Å². The SMILES string of the molecule is CC12CCC3(O)C4(C)COC(=O)C4(C)C(OC(=O)c4ccccc4)C13CC(=O)O2. The number of fused-ring (bicyclic) bond motifs is 2. The minimum absolute atomic E-state index is 0.00421. The number of esters is 3. The summed E-state index contributed by atoms with van der Waals surface area (Å²) < 4.78 is 17.1. The number of cyclic esters (lactones) is 1. The third kappa shape index (κ3) is 1.74. The van der Waals surface area contributed by atoms with Crippen LogP contribution in [-0.2, 0) is 23.8 Å². The van der Waals surface area contributed by atoms with Crippen molar-refractivity contribution in [1.82, 2.24) is 0 Å². The third-order valence-electron chi connectivity index (χ3n) is 8.59. The zero-order chi connectivity index (χ0) is 20.9. The Bertz CT molecular complexity index is 944. The lowest BCUT2D eigenvalue weighted by atomic mass is 9.61. The summed E-state index contributed by atoms with van der Waals surface area (Å²) in [5, 5.41) is 12.1. The second-order valence-corrected chi connectivity index (χ2v) is 9.48. The molecular weight excluding hydrogens is 376 g/mol. The Hall–Kier alpha value is -2.41. The fraction of sp³-hybridized carbons (Fsp3) is 0.591. The lowest BCUT2D eigenvalue weighted by Crippen LogP contribution is -2.58. The Balaban J connectivity index is 1.71. The Labute approximate surface area is 168 Å². The van der Waals surface area contributed by atoms with Crippen LogP contribution < -0.4 is 0 Å². The minimum Gasteiger partial charge on any atom is -0.464 e. The summed E-state index contributed by atoms with van der Waals surface area (Å²) in [6.07, 6.45) is -0.412. The molecule has 6 unspecified atom stereocenters. The van der Waals surface area contributed by atoms with Crippen LogP contribution in [0.4, 0.5) is 0 Å². The Morgan fingerprint density at radius 1 is 1.14 bits per heavy atom. The lowest BCUT2D eigenvalue weighted by Gasteiger charge is -2.45. The van der Waals surface area contributed by atoms with Gasteiger partial charge in [0.15, 0.2) is 0 Å². The topological polar surface area (TPSA) is 99.1 Å². The molecule has 2 heterocycles. The van der Waals surface area contributed by atoms with Crippen LogP contribution in [0.3, 0.4) is 0 Å².